The third kappa shape index (κ3) is 2.97. The highest BCUT2D eigenvalue weighted by Crippen LogP contribution is 2.35. The Morgan fingerprint density at radius 1 is 1.21 bits per heavy atom. The maximum Gasteiger partial charge on any atom is 0.220 e. The number of aliphatic imine (C=N–C) groups is 1. The van der Waals surface area contributed by atoms with E-state index in [1.807, 2.05) is 0 Å². The van der Waals surface area contributed by atoms with E-state index in [0.29, 0.717) is 11.4 Å². The van der Waals surface area contributed by atoms with Gasteiger partial charge in [0.15, 0.2) is 11.5 Å². The number of ether oxygens (including phenoxy) is 1. The molecule has 0 bridgehead atoms. The minimum atomic E-state index is -0.219. The summed E-state index contributed by atoms with van der Waals surface area (Å²) < 4.78 is 4.93. The first kappa shape index (κ1) is 13.6. The minimum absolute atomic E-state index is 0.110. The summed E-state index contributed by atoms with van der Waals surface area (Å²) in [5, 5.41) is 9.67. The van der Waals surface area contributed by atoms with Gasteiger partial charge in [0.25, 0.3) is 0 Å². The van der Waals surface area contributed by atoms with Crippen molar-refractivity contribution in [3.8, 4) is 5.75 Å². The summed E-state index contributed by atoms with van der Waals surface area (Å²) >= 11 is 11.6. The number of aromatic hydroxyl groups is 1. The maximum absolute atomic E-state index is 11.4. The molecule has 0 saturated heterocycles. The number of hydrogen-bond acceptors (Lipinski definition) is 4. The van der Waals surface area contributed by atoms with Crippen LogP contribution in [0.25, 0.3) is 0 Å². The van der Waals surface area contributed by atoms with Crippen LogP contribution in [0.3, 0.4) is 0 Å². The summed E-state index contributed by atoms with van der Waals surface area (Å²) in [6.45, 7) is 0. The van der Waals surface area contributed by atoms with Crippen molar-refractivity contribution < 1.29 is 14.6 Å². The van der Waals surface area contributed by atoms with E-state index in [9.17, 15) is 9.90 Å². The van der Waals surface area contributed by atoms with Gasteiger partial charge in [0.2, 0.25) is 5.78 Å². The summed E-state index contributed by atoms with van der Waals surface area (Å²) in [5.74, 6) is -0.199. The van der Waals surface area contributed by atoms with Crippen molar-refractivity contribution in [2.45, 2.75) is 0 Å². The molecule has 1 aromatic rings. The van der Waals surface area contributed by atoms with Crippen LogP contribution in [-0.2, 0) is 9.53 Å². The topological polar surface area (TPSA) is 58.9 Å². The number of benzene rings is 1. The van der Waals surface area contributed by atoms with Gasteiger partial charge in [0.05, 0.1) is 28.6 Å². The fourth-order valence-corrected chi connectivity index (χ4v) is 1.97. The normalized spacial score (nSPS) is 16.7. The highest BCUT2D eigenvalue weighted by Gasteiger charge is 2.13. The van der Waals surface area contributed by atoms with Crippen LogP contribution < -0.4 is 0 Å². The molecule has 0 heterocycles. The van der Waals surface area contributed by atoms with Crippen molar-refractivity contribution in [1.29, 1.82) is 0 Å². The summed E-state index contributed by atoms with van der Waals surface area (Å²) in [4.78, 5) is 15.6. The molecule has 1 aliphatic rings. The molecule has 0 aliphatic heterocycles. The quantitative estimate of drug-likeness (QED) is 0.851. The average molecular weight is 298 g/mol. The molecule has 1 N–H and O–H groups in total. The lowest BCUT2D eigenvalue weighted by Gasteiger charge is -2.07. The zero-order valence-corrected chi connectivity index (χ0v) is 11.4. The lowest BCUT2D eigenvalue weighted by atomic mass is 10.1. The first-order chi connectivity index (χ1) is 9.01. The first-order valence-electron chi connectivity index (χ1n) is 5.26. The summed E-state index contributed by atoms with van der Waals surface area (Å²) in [6, 6.07) is 2.95. The molecular weight excluding hydrogens is 289 g/mol. The third-order valence-corrected chi connectivity index (χ3v) is 2.98. The van der Waals surface area contributed by atoms with Crippen LogP contribution in [0.4, 0.5) is 5.69 Å². The lowest BCUT2D eigenvalue weighted by molar-refractivity contribution is -0.114. The Morgan fingerprint density at radius 3 is 2.42 bits per heavy atom. The smallest absolute Gasteiger partial charge is 0.220 e. The zero-order valence-electron chi connectivity index (χ0n) is 9.85. The largest absolute Gasteiger partial charge is 0.505 e. The fraction of sp³-hybridized carbons (Fsp3) is 0.0769. The van der Waals surface area contributed by atoms with Crippen molar-refractivity contribution in [3.63, 3.8) is 0 Å². The molecule has 0 saturated carbocycles. The van der Waals surface area contributed by atoms with Gasteiger partial charge in [-0.3, -0.25) is 4.79 Å². The number of carbonyl (C=O) groups excluding carboxylic acids is 1. The van der Waals surface area contributed by atoms with Crippen LogP contribution in [0, 0.1) is 0 Å². The molecule has 6 heteroatoms. The fourth-order valence-electron chi connectivity index (χ4n) is 1.49. The van der Waals surface area contributed by atoms with Gasteiger partial charge in [0, 0.05) is 6.08 Å². The van der Waals surface area contributed by atoms with Gasteiger partial charge in [-0.05, 0) is 24.3 Å². The molecule has 98 valence electrons. The number of hydrogen-bond donors (Lipinski definition) is 1. The van der Waals surface area contributed by atoms with Gasteiger partial charge in [-0.1, -0.05) is 23.2 Å². The van der Waals surface area contributed by atoms with Crippen LogP contribution in [0.15, 0.2) is 41.1 Å². The second kappa shape index (κ2) is 5.47. The van der Waals surface area contributed by atoms with E-state index in [0.717, 1.165) is 0 Å². The maximum atomic E-state index is 11.4. The first-order valence-corrected chi connectivity index (χ1v) is 6.01. The Hall–Kier alpha value is -1.78. The number of rotatable bonds is 2. The van der Waals surface area contributed by atoms with E-state index in [-0.39, 0.29) is 27.3 Å². The van der Waals surface area contributed by atoms with Crippen molar-refractivity contribution in [2.24, 2.45) is 4.99 Å². The number of ketones is 1. The number of methoxy groups -OCH3 is 1. The molecule has 0 spiro atoms. The van der Waals surface area contributed by atoms with E-state index < -0.39 is 0 Å². The van der Waals surface area contributed by atoms with Crippen LogP contribution in [-0.4, -0.2) is 23.7 Å². The molecule has 19 heavy (non-hydrogen) atoms. The van der Waals surface area contributed by atoms with Crippen molar-refractivity contribution in [2.75, 3.05) is 7.11 Å². The summed E-state index contributed by atoms with van der Waals surface area (Å²) in [5.41, 5.74) is 0.989. The van der Waals surface area contributed by atoms with E-state index >= 15 is 0 Å². The minimum Gasteiger partial charge on any atom is -0.505 e. The molecule has 1 aromatic carbocycles. The van der Waals surface area contributed by atoms with Crippen LogP contribution >= 0.6 is 23.2 Å². The van der Waals surface area contributed by atoms with Gasteiger partial charge in [-0.2, -0.15) is 0 Å². The molecule has 0 aromatic heterocycles. The number of phenolic OH excluding ortho intramolecular Hbond substituents is 1. The Bertz CT molecular complexity index is 610. The number of halogens is 2. The molecule has 2 rings (SSSR count). The summed E-state index contributed by atoms with van der Waals surface area (Å²) in [7, 11) is 1.41. The molecule has 1 aliphatic carbocycles. The molecule has 0 amide bonds. The van der Waals surface area contributed by atoms with Crippen molar-refractivity contribution >= 4 is 40.4 Å². The molecular formula is C13H9Cl2NO3. The van der Waals surface area contributed by atoms with Crippen LogP contribution in [0.5, 0.6) is 5.75 Å². The Morgan fingerprint density at radius 2 is 1.84 bits per heavy atom. The van der Waals surface area contributed by atoms with Gasteiger partial charge < -0.3 is 9.84 Å². The van der Waals surface area contributed by atoms with Crippen LogP contribution in [0.1, 0.15) is 0 Å². The van der Waals surface area contributed by atoms with E-state index in [1.54, 1.807) is 6.08 Å². The Balaban J connectivity index is 2.40. The SMILES string of the molecule is COC1=CC(=Nc2cc(Cl)c(O)c(Cl)c2)C=CC1=O. The zero-order chi connectivity index (χ0) is 14.0. The van der Waals surface area contributed by atoms with E-state index in [1.165, 1.54) is 31.4 Å². The number of phenols is 1. The summed E-state index contributed by atoms with van der Waals surface area (Å²) in [6.07, 6.45) is 4.43. The van der Waals surface area contributed by atoms with Crippen molar-refractivity contribution in [3.05, 3.63) is 46.2 Å². The predicted octanol–water partition coefficient (Wildman–Crippen LogP) is 3.44. The lowest BCUT2D eigenvalue weighted by Crippen LogP contribution is -2.08. The third-order valence-electron chi connectivity index (χ3n) is 2.41. The van der Waals surface area contributed by atoms with Gasteiger partial charge in [-0.25, -0.2) is 4.99 Å². The highest BCUT2D eigenvalue weighted by atomic mass is 35.5. The standard InChI is InChI=1S/C13H9Cl2NO3/c1-19-12-6-7(2-3-11(12)17)16-8-4-9(14)13(18)10(15)5-8/h2-6,18H,1H3. The Labute approximate surface area is 119 Å². The highest BCUT2D eigenvalue weighted by molar-refractivity contribution is 6.37. The van der Waals surface area contributed by atoms with Crippen molar-refractivity contribution in [1.82, 2.24) is 0 Å². The second-order valence-corrected chi connectivity index (χ2v) is 4.52. The number of carbonyl (C=O) groups is 1. The molecule has 0 fully saturated rings. The monoisotopic (exact) mass is 297 g/mol. The average Bonchev–Trinajstić information content (AvgIpc) is 2.38. The van der Waals surface area contributed by atoms with Crippen LogP contribution in [0.2, 0.25) is 10.0 Å². The van der Waals surface area contributed by atoms with Gasteiger partial charge >= 0.3 is 0 Å². The molecule has 0 unspecified atom stereocenters. The second-order valence-electron chi connectivity index (χ2n) is 3.70. The predicted molar refractivity (Wildman–Crippen MR) is 74.5 cm³/mol. The van der Waals surface area contributed by atoms with Gasteiger partial charge in [0.1, 0.15) is 0 Å². The molecule has 0 radical (unpaired) electrons. The molecule has 4 nitrogen and oxygen atoms in total. The van der Waals surface area contributed by atoms with E-state index in [2.05, 4.69) is 4.99 Å². The Kier molecular flexibility index (Phi) is 3.93. The van der Waals surface area contributed by atoms with Gasteiger partial charge in [-0.15, -0.1) is 0 Å². The van der Waals surface area contributed by atoms with E-state index in [4.69, 9.17) is 27.9 Å². The number of allylic oxidation sites excluding steroid dienone is 3. The number of nitrogens with zero attached hydrogens (tertiary/aromatic N) is 1. The molecule has 0 atom stereocenters.